The zero-order chi connectivity index (χ0) is 22.8. The number of rotatable bonds is 9. The number of nitrogens with one attached hydrogen (secondary N) is 1. The summed E-state index contributed by atoms with van der Waals surface area (Å²) in [7, 11) is -3.69. The van der Waals surface area contributed by atoms with Crippen molar-refractivity contribution in [2.24, 2.45) is 0 Å². The summed E-state index contributed by atoms with van der Waals surface area (Å²) in [6.07, 6.45) is 1.54. The number of fused-ring (bicyclic) bond motifs is 1. The summed E-state index contributed by atoms with van der Waals surface area (Å²) in [5, 5.41) is 0. The second-order valence-electron chi connectivity index (χ2n) is 7.09. The van der Waals surface area contributed by atoms with Crippen molar-refractivity contribution in [2.75, 3.05) is 19.7 Å². The Morgan fingerprint density at radius 2 is 1.84 bits per heavy atom. The minimum atomic E-state index is -3.69. The van der Waals surface area contributed by atoms with E-state index in [-0.39, 0.29) is 16.4 Å². The number of H-pyrrole nitrogens is 1. The molecule has 0 unspecified atom stereocenters. The third-order valence-corrected chi connectivity index (χ3v) is 7.12. The molecule has 0 saturated heterocycles. The molecule has 0 radical (unpaired) electrons. The Kier molecular flexibility index (Phi) is 6.80. The van der Waals surface area contributed by atoms with Gasteiger partial charge in [0.1, 0.15) is 17.4 Å². The van der Waals surface area contributed by atoms with Crippen LogP contribution in [0.3, 0.4) is 0 Å². The molecular formula is C21H29N5O4S. The normalized spacial score (nSPS) is 12.1. The highest BCUT2D eigenvalue weighted by Gasteiger charge is 2.24. The largest absolute Gasteiger partial charge is 0.493 e. The van der Waals surface area contributed by atoms with E-state index in [9.17, 15) is 13.2 Å². The summed E-state index contributed by atoms with van der Waals surface area (Å²) in [6.45, 7) is 10.3. The zero-order valence-electron chi connectivity index (χ0n) is 18.6. The molecule has 2 aromatic heterocycles. The molecule has 10 heteroatoms. The summed E-state index contributed by atoms with van der Waals surface area (Å²) >= 11 is 0. The van der Waals surface area contributed by atoms with Crippen LogP contribution in [-0.2, 0) is 16.4 Å². The van der Waals surface area contributed by atoms with Crippen LogP contribution in [0, 0.1) is 6.92 Å². The van der Waals surface area contributed by atoms with E-state index in [0.717, 1.165) is 12.1 Å². The fourth-order valence-corrected chi connectivity index (χ4v) is 5.09. The number of nitrogens with zero attached hydrogens (tertiary/aromatic N) is 4. The van der Waals surface area contributed by atoms with Crippen LogP contribution < -0.4 is 10.4 Å². The lowest BCUT2D eigenvalue weighted by atomic mass is 10.2. The first-order chi connectivity index (χ1) is 14.8. The number of benzene rings is 1. The maximum absolute atomic E-state index is 13.0. The number of ether oxygens (including phenoxy) is 1. The molecular weight excluding hydrogens is 418 g/mol. The molecule has 0 atom stereocenters. The summed E-state index contributed by atoms with van der Waals surface area (Å²) in [5.41, 5.74) is 1.23. The number of aromatic amines is 1. The Balaban J connectivity index is 2.27. The van der Waals surface area contributed by atoms with Gasteiger partial charge in [0.25, 0.3) is 0 Å². The van der Waals surface area contributed by atoms with Crippen LogP contribution in [-0.4, -0.2) is 51.8 Å². The fourth-order valence-electron chi connectivity index (χ4n) is 3.61. The molecule has 168 valence electrons. The van der Waals surface area contributed by atoms with E-state index in [1.54, 1.807) is 26.8 Å². The molecule has 0 aliphatic heterocycles. The molecule has 0 fully saturated rings. The van der Waals surface area contributed by atoms with Crippen molar-refractivity contribution >= 4 is 15.7 Å². The van der Waals surface area contributed by atoms with Gasteiger partial charge in [0.2, 0.25) is 10.0 Å². The van der Waals surface area contributed by atoms with Crippen molar-refractivity contribution in [1.82, 2.24) is 23.7 Å². The van der Waals surface area contributed by atoms with E-state index < -0.39 is 10.0 Å². The van der Waals surface area contributed by atoms with Crippen LogP contribution in [0.25, 0.3) is 17.0 Å². The Morgan fingerprint density at radius 1 is 1.13 bits per heavy atom. The molecule has 0 saturated carbocycles. The molecule has 1 N–H and O–H groups in total. The summed E-state index contributed by atoms with van der Waals surface area (Å²) in [6, 6.07) is 4.63. The number of aryl methyl sites for hydroxylation is 2. The Morgan fingerprint density at radius 3 is 2.45 bits per heavy atom. The van der Waals surface area contributed by atoms with Gasteiger partial charge in [-0.2, -0.15) is 4.31 Å². The van der Waals surface area contributed by atoms with Gasteiger partial charge < -0.3 is 4.74 Å². The van der Waals surface area contributed by atoms with Crippen molar-refractivity contribution in [3.63, 3.8) is 0 Å². The van der Waals surface area contributed by atoms with Gasteiger partial charge >= 0.3 is 5.69 Å². The van der Waals surface area contributed by atoms with Gasteiger partial charge in [0.15, 0.2) is 5.65 Å². The van der Waals surface area contributed by atoms with Gasteiger partial charge in [-0.15, -0.1) is 0 Å². The summed E-state index contributed by atoms with van der Waals surface area (Å²) in [4.78, 5) is 24.8. The average molecular weight is 448 g/mol. The van der Waals surface area contributed by atoms with Crippen LogP contribution >= 0.6 is 0 Å². The molecule has 3 aromatic rings. The van der Waals surface area contributed by atoms with Crippen molar-refractivity contribution < 1.29 is 13.2 Å². The molecule has 2 heterocycles. The molecule has 1 aromatic carbocycles. The lowest BCUT2D eigenvalue weighted by molar-refractivity contribution is 0.341. The van der Waals surface area contributed by atoms with Crippen LogP contribution in [0.5, 0.6) is 5.75 Å². The minimum Gasteiger partial charge on any atom is -0.493 e. The number of imidazole rings is 1. The van der Waals surface area contributed by atoms with E-state index in [1.165, 1.54) is 20.8 Å². The molecule has 3 rings (SSSR count). The van der Waals surface area contributed by atoms with Crippen LogP contribution in [0.1, 0.15) is 45.6 Å². The van der Waals surface area contributed by atoms with Crippen molar-refractivity contribution in [1.29, 1.82) is 0 Å². The van der Waals surface area contributed by atoms with Gasteiger partial charge in [-0.25, -0.2) is 27.6 Å². The molecule has 0 aliphatic rings. The fraction of sp³-hybridized carbons (Fsp3) is 0.476. The van der Waals surface area contributed by atoms with Crippen molar-refractivity contribution in [2.45, 2.75) is 52.4 Å². The average Bonchev–Trinajstić information content (AvgIpc) is 3.05. The van der Waals surface area contributed by atoms with Gasteiger partial charge in [0, 0.05) is 13.1 Å². The third-order valence-electron chi connectivity index (χ3n) is 5.07. The predicted octanol–water partition coefficient (Wildman–Crippen LogP) is 2.77. The van der Waals surface area contributed by atoms with E-state index in [1.807, 2.05) is 13.8 Å². The highest BCUT2D eigenvalue weighted by Crippen LogP contribution is 2.31. The maximum Gasteiger partial charge on any atom is 0.334 e. The molecule has 31 heavy (non-hydrogen) atoms. The first kappa shape index (κ1) is 23.0. The number of hydrogen-bond acceptors (Lipinski definition) is 6. The van der Waals surface area contributed by atoms with Gasteiger partial charge in [-0.1, -0.05) is 27.2 Å². The molecule has 0 amide bonds. The van der Waals surface area contributed by atoms with E-state index in [2.05, 4.69) is 15.0 Å². The monoisotopic (exact) mass is 447 g/mol. The predicted molar refractivity (Wildman–Crippen MR) is 119 cm³/mol. The Labute approximate surface area is 182 Å². The SMILES string of the molecule is CCCc1nc(C)n2c(=O)[nH]c(-c3cc(S(=O)(=O)N(CC)CC)ccc3OCC)nc12. The summed E-state index contributed by atoms with van der Waals surface area (Å²) in [5.74, 6) is 1.25. The molecule has 0 bridgehead atoms. The quantitative estimate of drug-likeness (QED) is 0.540. The topological polar surface area (TPSA) is 110 Å². The van der Waals surface area contributed by atoms with Crippen molar-refractivity contribution in [3.05, 3.63) is 40.2 Å². The highest BCUT2D eigenvalue weighted by atomic mass is 32.2. The lowest BCUT2D eigenvalue weighted by Crippen LogP contribution is -2.30. The lowest BCUT2D eigenvalue weighted by Gasteiger charge is -2.19. The van der Waals surface area contributed by atoms with Gasteiger partial charge in [0.05, 0.1) is 22.8 Å². The second-order valence-corrected chi connectivity index (χ2v) is 9.02. The zero-order valence-corrected chi connectivity index (χ0v) is 19.4. The number of sulfonamides is 1. The van der Waals surface area contributed by atoms with Crippen LogP contribution in [0.15, 0.2) is 27.9 Å². The Hall–Kier alpha value is -2.72. The number of hydrogen-bond donors (Lipinski definition) is 1. The maximum atomic E-state index is 13.0. The minimum absolute atomic E-state index is 0.121. The van der Waals surface area contributed by atoms with E-state index in [0.29, 0.717) is 48.9 Å². The smallest absolute Gasteiger partial charge is 0.334 e. The second kappa shape index (κ2) is 9.19. The van der Waals surface area contributed by atoms with Crippen LogP contribution in [0.4, 0.5) is 0 Å². The molecule has 0 spiro atoms. The van der Waals surface area contributed by atoms with E-state index >= 15 is 0 Å². The first-order valence-electron chi connectivity index (χ1n) is 10.5. The third kappa shape index (κ3) is 4.22. The summed E-state index contributed by atoms with van der Waals surface area (Å²) < 4.78 is 34.6. The van der Waals surface area contributed by atoms with Gasteiger partial charge in [-0.05, 0) is 38.5 Å². The van der Waals surface area contributed by atoms with Gasteiger partial charge in [-0.3, -0.25) is 4.98 Å². The molecule has 0 aliphatic carbocycles. The number of aromatic nitrogens is 4. The molecule has 9 nitrogen and oxygen atoms in total. The van der Waals surface area contributed by atoms with Crippen LogP contribution in [0.2, 0.25) is 0 Å². The van der Waals surface area contributed by atoms with Crippen molar-refractivity contribution in [3.8, 4) is 17.1 Å². The Bertz CT molecular complexity index is 1240. The highest BCUT2D eigenvalue weighted by molar-refractivity contribution is 7.89. The van der Waals surface area contributed by atoms with E-state index in [4.69, 9.17) is 4.74 Å². The standard InChI is InChI=1S/C21H29N5O4S/c1-6-10-17-20-23-19(24-21(27)26(20)14(5)22-17)16-13-15(11-12-18(16)30-9-4)31(28,29)25(7-2)8-3/h11-13H,6-10H2,1-5H3,(H,23,24,27). The first-order valence-corrected chi connectivity index (χ1v) is 12.0.